The van der Waals surface area contributed by atoms with Gasteiger partial charge >= 0.3 is 0 Å². The van der Waals surface area contributed by atoms with Gasteiger partial charge in [-0.15, -0.1) is 0 Å². The topological polar surface area (TPSA) is 64.0 Å². The molecule has 0 saturated heterocycles. The molecule has 0 aliphatic carbocycles. The van der Waals surface area contributed by atoms with Crippen molar-refractivity contribution in [1.82, 2.24) is 4.98 Å². The Labute approximate surface area is 188 Å². The third kappa shape index (κ3) is 5.28. The van der Waals surface area contributed by atoms with Gasteiger partial charge in [-0.05, 0) is 67.1 Å². The van der Waals surface area contributed by atoms with Crippen LogP contribution in [0.5, 0.6) is 11.5 Å². The molecule has 8 heteroatoms. The monoisotopic (exact) mass is 449 g/mol. The molecular weight excluding hydrogens is 429 g/mol. The van der Waals surface area contributed by atoms with Crippen molar-refractivity contribution in [2.24, 2.45) is 5.10 Å². The average Bonchev–Trinajstić information content (AvgIpc) is 3.22. The zero-order valence-corrected chi connectivity index (χ0v) is 18.1. The van der Waals surface area contributed by atoms with Gasteiger partial charge in [0.1, 0.15) is 17.3 Å². The predicted molar refractivity (Wildman–Crippen MR) is 124 cm³/mol. The third-order valence-electron chi connectivity index (χ3n) is 4.38. The van der Waals surface area contributed by atoms with Crippen LogP contribution in [0.1, 0.15) is 12.5 Å². The number of aromatic nitrogens is 1. The Morgan fingerprint density at radius 3 is 2.56 bits per heavy atom. The molecule has 0 atom stereocenters. The molecule has 1 amide bonds. The average molecular weight is 450 g/mol. The van der Waals surface area contributed by atoms with Crippen LogP contribution in [0.25, 0.3) is 10.2 Å². The van der Waals surface area contributed by atoms with Crippen LogP contribution in [0, 0.1) is 5.82 Å². The van der Waals surface area contributed by atoms with Crippen LogP contribution in [0.15, 0.2) is 77.9 Å². The summed E-state index contributed by atoms with van der Waals surface area (Å²) in [6.45, 7) is 2.27. The number of hydrazone groups is 1. The Balaban J connectivity index is 1.59. The van der Waals surface area contributed by atoms with Gasteiger partial charge in [0.25, 0.3) is 5.91 Å². The van der Waals surface area contributed by atoms with Crippen molar-refractivity contribution in [2.75, 3.05) is 18.2 Å². The molecule has 4 rings (SSSR count). The first-order chi connectivity index (χ1) is 15.6. The number of carbonyl (C=O) groups excluding carboxylic acids is 1. The molecule has 3 aromatic carbocycles. The molecule has 0 spiro atoms. The standard InChI is InChI=1S/C24H20FN3O3S/c1-2-30-20-11-8-17(9-12-20)15-26-28(23(29)16-31-19-6-4-3-5-7-19)24-27-21-13-10-18(25)14-22(21)32-24/h3-15H,2,16H2,1H3/b26-15+. The van der Waals surface area contributed by atoms with Gasteiger partial charge in [-0.3, -0.25) is 4.79 Å². The van der Waals surface area contributed by atoms with Crippen molar-refractivity contribution < 1.29 is 18.7 Å². The van der Waals surface area contributed by atoms with Crippen LogP contribution < -0.4 is 14.5 Å². The van der Waals surface area contributed by atoms with E-state index >= 15 is 0 Å². The molecule has 1 heterocycles. The van der Waals surface area contributed by atoms with E-state index in [0.29, 0.717) is 27.7 Å². The Morgan fingerprint density at radius 2 is 1.81 bits per heavy atom. The number of hydrogen-bond acceptors (Lipinski definition) is 6. The molecule has 0 saturated carbocycles. The lowest BCUT2D eigenvalue weighted by molar-refractivity contribution is -0.120. The summed E-state index contributed by atoms with van der Waals surface area (Å²) >= 11 is 1.18. The lowest BCUT2D eigenvalue weighted by Gasteiger charge is -2.14. The summed E-state index contributed by atoms with van der Waals surface area (Å²) in [4.78, 5) is 17.4. The molecule has 0 aliphatic heterocycles. The van der Waals surface area contributed by atoms with Crippen molar-refractivity contribution in [3.8, 4) is 11.5 Å². The maximum absolute atomic E-state index is 13.6. The molecule has 6 nitrogen and oxygen atoms in total. The minimum absolute atomic E-state index is 0.227. The van der Waals surface area contributed by atoms with E-state index in [-0.39, 0.29) is 12.4 Å². The highest BCUT2D eigenvalue weighted by molar-refractivity contribution is 7.22. The molecule has 0 fully saturated rings. The van der Waals surface area contributed by atoms with Crippen molar-refractivity contribution in [3.05, 3.63) is 84.2 Å². The molecule has 0 radical (unpaired) electrons. The highest BCUT2D eigenvalue weighted by Gasteiger charge is 2.20. The summed E-state index contributed by atoms with van der Waals surface area (Å²) in [6, 6.07) is 20.7. The van der Waals surface area contributed by atoms with E-state index in [4.69, 9.17) is 9.47 Å². The Morgan fingerprint density at radius 1 is 1.06 bits per heavy atom. The summed E-state index contributed by atoms with van der Waals surface area (Å²) in [5, 5.41) is 5.87. The van der Waals surface area contributed by atoms with E-state index in [1.54, 1.807) is 24.4 Å². The van der Waals surface area contributed by atoms with Crippen molar-refractivity contribution in [3.63, 3.8) is 0 Å². The molecule has 0 unspecified atom stereocenters. The summed E-state index contributed by atoms with van der Waals surface area (Å²) < 4.78 is 25.3. The minimum atomic E-state index is -0.407. The normalized spacial score (nSPS) is 11.1. The number of rotatable bonds is 8. The van der Waals surface area contributed by atoms with E-state index in [0.717, 1.165) is 11.3 Å². The van der Waals surface area contributed by atoms with Gasteiger partial charge in [-0.25, -0.2) is 9.37 Å². The number of nitrogens with zero attached hydrogens (tertiary/aromatic N) is 3. The minimum Gasteiger partial charge on any atom is -0.494 e. The van der Waals surface area contributed by atoms with Gasteiger partial charge in [-0.1, -0.05) is 29.5 Å². The summed E-state index contributed by atoms with van der Waals surface area (Å²) in [6.07, 6.45) is 1.56. The van der Waals surface area contributed by atoms with Gasteiger partial charge in [0.05, 0.1) is 23.0 Å². The Bertz CT molecular complexity index is 1230. The maximum atomic E-state index is 13.6. The number of para-hydroxylation sites is 1. The van der Waals surface area contributed by atoms with Crippen LogP contribution in [-0.4, -0.2) is 30.3 Å². The first-order valence-electron chi connectivity index (χ1n) is 9.96. The first kappa shape index (κ1) is 21.5. The molecule has 4 aromatic rings. The lowest BCUT2D eigenvalue weighted by Crippen LogP contribution is -2.30. The van der Waals surface area contributed by atoms with E-state index in [2.05, 4.69) is 10.1 Å². The van der Waals surface area contributed by atoms with Crippen molar-refractivity contribution in [2.45, 2.75) is 6.92 Å². The highest BCUT2D eigenvalue weighted by atomic mass is 32.1. The molecule has 32 heavy (non-hydrogen) atoms. The SMILES string of the molecule is CCOc1ccc(/C=N/N(C(=O)COc2ccccc2)c2nc3ccc(F)cc3s2)cc1. The van der Waals surface area contributed by atoms with E-state index in [1.165, 1.54) is 28.5 Å². The summed E-state index contributed by atoms with van der Waals surface area (Å²) in [5.41, 5.74) is 1.37. The number of carbonyl (C=O) groups is 1. The highest BCUT2D eigenvalue weighted by Crippen LogP contribution is 2.30. The molecule has 0 N–H and O–H groups in total. The van der Waals surface area contributed by atoms with Crippen LogP contribution in [0.2, 0.25) is 0 Å². The van der Waals surface area contributed by atoms with Gasteiger partial charge < -0.3 is 9.47 Å². The van der Waals surface area contributed by atoms with Crippen LogP contribution in [0.4, 0.5) is 9.52 Å². The fourth-order valence-corrected chi connectivity index (χ4v) is 3.83. The van der Waals surface area contributed by atoms with Gasteiger partial charge in [0.2, 0.25) is 5.13 Å². The van der Waals surface area contributed by atoms with Gasteiger partial charge in [-0.2, -0.15) is 10.1 Å². The number of thiazole rings is 1. The lowest BCUT2D eigenvalue weighted by atomic mass is 10.2. The quantitative estimate of drug-likeness (QED) is 0.271. The number of halogens is 1. The fraction of sp³-hybridized carbons (Fsp3) is 0.125. The van der Waals surface area contributed by atoms with E-state index < -0.39 is 5.91 Å². The molecule has 162 valence electrons. The number of anilines is 1. The van der Waals surface area contributed by atoms with Gasteiger partial charge in [0.15, 0.2) is 6.61 Å². The summed E-state index contributed by atoms with van der Waals surface area (Å²) in [5.74, 6) is 0.552. The largest absolute Gasteiger partial charge is 0.494 e. The zero-order valence-electron chi connectivity index (χ0n) is 17.3. The van der Waals surface area contributed by atoms with Crippen molar-refractivity contribution in [1.29, 1.82) is 0 Å². The van der Waals surface area contributed by atoms with Gasteiger partial charge in [0, 0.05) is 0 Å². The number of fused-ring (bicyclic) bond motifs is 1. The molecular formula is C24H20FN3O3S. The fourth-order valence-electron chi connectivity index (χ4n) is 2.86. The molecule has 1 aromatic heterocycles. The third-order valence-corrected chi connectivity index (χ3v) is 5.37. The number of amides is 1. The smallest absolute Gasteiger partial charge is 0.287 e. The molecule has 0 aliphatic rings. The van der Waals surface area contributed by atoms with Crippen LogP contribution in [0.3, 0.4) is 0 Å². The number of ether oxygens (including phenoxy) is 2. The van der Waals surface area contributed by atoms with E-state index in [9.17, 15) is 9.18 Å². The Hall–Kier alpha value is -3.78. The van der Waals surface area contributed by atoms with Crippen molar-refractivity contribution >= 4 is 38.8 Å². The zero-order chi connectivity index (χ0) is 22.3. The second kappa shape index (κ2) is 10.0. The summed E-state index contributed by atoms with van der Waals surface area (Å²) in [7, 11) is 0. The Kier molecular flexibility index (Phi) is 6.72. The number of benzene rings is 3. The first-order valence-corrected chi connectivity index (χ1v) is 10.8. The number of hydrogen-bond donors (Lipinski definition) is 0. The van der Waals surface area contributed by atoms with Crippen LogP contribution >= 0.6 is 11.3 Å². The second-order valence-corrected chi connectivity index (χ2v) is 7.67. The van der Waals surface area contributed by atoms with E-state index in [1.807, 2.05) is 49.4 Å². The molecule has 0 bridgehead atoms. The predicted octanol–water partition coefficient (Wildman–Crippen LogP) is 5.28. The second-order valence-electron chi connectivity index (χ2n) is 6.66. The van der Waals surface area contributed by atoms with Crippen LogP contribution in [-0.2, 0) is 4.79 Å². The maximum Gasteiger partial charge on any atom is 0.287 e.